The van der Waals surface area contributed by atoms with Gasteiger partial charge in [-0.2, -0.15) is 4.68 Å². The zero-order chi connectivity index (χ0) is 23.6. The summed E-state index contributed by atoms with van der Waals surface area (Å²) in [6, 6.07) is 8.40. The van der Waals surface area contributed by atoms with Crippen LogP contribution >= 0.6 is 0 Å². The Balaban J connectivity index is 2.18. The molecule has 1 amide bonds. The van der Waals surface area contributed by atoms with Crippen molar-refractivity contribution in [1.29, 1.82) is 0 Å². The molecular weight excluding hydrogens is 426 g/mol. The van der Waals surface area contributed by atoms with E-state index in [1.807, 2.05) is 0 Å². The van der Waals surface area contributed by atoms with E-state index in [2.05, 4.69) is 5.10 Å². The second kappa shape index (κ2) is 9.00. The Morgan fingerprint density at radius 1 is 1.12 bits per heavy atom. The number of hydrogen-bond acceptors (Lipinski definition) is 6. The topological polar surface area (TPSA) is 95.7 Å². The first kappa shape index (κ1) is 22.7. The van der Waals surface area contributed by atoms with Gasteiger partial charge in [0.2, 0.25) is 5.91 Å². The summed E-state index contributed by atoms with van der Waals surface area (Å²) >= 11 is 0. The predicted octanol–water partition coefficient (Wildman–Crippen LogP) is 1.72. The van der Waals surface area contributed by atoms with Crippen molar-refractivity contribution < 1.29 is 23.0 Å². The molecule has 3 aromatic rings. The summed E-state index contributed by atoms with van der Waals surface area (Å²) < 4.78 is 39.7. The fraction of sp³-hybridized carbons (Fsp3) is 0.238. The molecule has 0 unspecified atom stereocenters. The SMILES string of the molecule is COc1c(F)ccc(Cn2c(=O)c(OC)nn(-c3cccc(N(C)C(C)=O)c3)c2=O)c1F. The van der Waals surface area contributed by atoms with E-state index in [9.17, 15) is 23.2 Å². The fourth-order valence-electron chi connectivity index (χ4n) is 3.00. The van der Waals surface area contributed by atoms with Crippen molar-refractivity contribution in [1.82, 2.24) is 14.3 Å². The zero-order valence-corrected chi connectivity index (χ0v) is 17.8. The number of carbonyl (C=O) groups is 1. The number of carbonyl (C=O) groups excluding carboxylic acids is 1. The summed E-state index contributed by atoms with van der Waals surface area (Å²) in [6.07, 6.45) is 0. The minimum Gasteiger partial charge on any atom is -0.491 e. The Hall–Kier alpha value is -4.02. The van der Waals surface area contributed by atoms with Crippen LogP contribution in [0.4, 0.5) is 14.5 Å². The van der Waals surface area contributed by atoms with Gasteiger partial charge in [0.15, 0.2) is 17.4 Å². The minimum atomic E-state index is -1.04. The largest absolute Gasteiger partial charge is 0.491 e. The molecule has 168 valence electrons. The molecule has 0 N–H and O–H groups in total. The van der Waals surface area contributed by atoms with Gasteiger partial charge < -0.3 is 14.4 Å². The number of amides is 1. The van der Waals surface area contributed by atoms with Crippen LogP contribution in [0.3, 0.4) is 0 Å². The molecule has 11 heteroatoms. The number of rotatable bonds is 6. The van der Waals surface area contributed by atoms with Crippen LogP contribution < -0.4 is 25.6 Å². The average Bonchev–Trinajstić information content (AvgIpc) is 2.78. The van der Waals surface area contributed by atoms with Gasteiger partial charge in [-0.25, -0.2) is 18.1 Å². The number of ether oxygens (including phenoxy) is 2. The molecular formula is C21H20F2N4O5. The molecule has 0 saturated carbocycles. The minimum absolute atomic E-state index is 0.146. The van der Waals surface area contributed by atoms with E-state index >= 15 is 0 Å². The summed E-state index contributed by atoms with van der Waals surface area (Å²) in [6.45, 7) is 0.859. The van der Waals surface area contributed by atoms with Crippen molar-refractivity contribution in [3.05, 3.63) is 74.4 Å². The Kier molecular flexibility index (Phi) is 6.37. The molecule has 3 rings (SSSR count). The molecule has 9 nitrogen and oxygen atoms in total. The number of methoxy groups -OCH3 is 2. The molecule has 0 saturated heterocycles. The summed E-state index contributed by atoms with van der Waals surface area (Å²) in [7, 11) is 3.86. The number of halogens is 2. The third-order valence-corrected chi connectivity index (χ3v) is 4.82. The first-order valence-corrected chi connectivity index (χ1v) is 9.33. The van der Waals surface area contributed by atoms with Gasteiger partial charge in [-0.15, -0.1) is 5.10 Å². The van der Waals surface area contributed by atoms with Crippen molar-refractivity contribution in [2.24, 2.45) is 0 Å². The summed E-state index contributed by atoms with van der Waals surface area (Å²) in [5.74, 6) is -3.23. The molecule has 0 atom stereocenters. The molecule has 1 heterocycles. The highest BCUT2D eigenvalue weighted by Crippen LogP contribution is 2.24. The third kappa shape index (κ3) is 4.09. The number of aromatic nitrogens is 3. The van der Waals surface area contributed by atoms with Crippen LogP contribution in [0.5, 0.6) is 11.6 Å². The van der Waals surface area contributed by atoms with E-state index in [4.69, 9.17) is 9.47 Å². The zero-order valence-electron chi connectivity index (χ0n) is 17.8. The lowest BCUT2D eigenvalue weighted by atomic mass is 10.2. The monoisotopic (exact) mass is 446 g/mol. The average molecular weight is 446 g/mol. The lowest BCUT2D eigenvalue weighted by molar-refractivity contribution is -0.116. The number of nitrogens with zero attached hydrogens (tertiary/aromatic N) is 4. The Morgan fingerprint density at radius 2 is 1.84 bits per heavy atom. The van der Waals surface area contributed by atoms with Gasteiger partial charge in [-0.1, -0.05) is 12.1 Å². The van der Waals surface area contributed by atoms with Crippen LogP contribution in [0, 0.1) is 11.6 Å². The highest BCUT2D eigenvalue weighted by molar-refractivity contribution is 5.91. The molecule has 32 heavy (non-hydrogen) atoms. The first-order valence-electron chi connectivity index (χ1n) is 9.33. The Morgan fingerprint density at radius 3 is 2.47 bits per heavy atom. The molecule has 0 fully saturated rings. The third-order valence-electron chi connectivity index (χ3n) is 4.82. The number of hydrogen-bond donors (Lipinski definition) is 0. The quantitative estimate of drug-likeness (QED) is 0.572. The molecule has 2 aromatic carbocycles. The standard InChI is InChI=1S/C21H20F2N4O5/c1-12(28)25(2)14-6-5-7-15(10-14)27-21(30)26(20(29)19(24-27)32-4)11-13-8-9-16(22)18(31-3)17(13)23/h5-10H,11H2,1-4H3. The maximum Gasteiger partial charge on any atom is 0.352 e. The maximum absolute atomic E-state index is 14.6. The van der Waals surface area contributed by atoms with Crippen molar-refractivity contribution in [2.45, 2.75) is 13.5 Å². The molecule has 1 aromatic heterocycles. The van der Waals surface area contributed by atoms with Gasteiger partial charge in [0.05, 0.1) is 26.5 Å². The van der Waals surface area contributed by atoms with Crippen LogP contribution in [-0.2, 0) is 11.3 Å². The number of anilines is 1. The number of benzene rings is 2. The second-order valence-corrected chi connectivity index (χ2v) is 6.75. The summed E-state index contributed by atoms with van der Waals surface area (Å²) in [5.41, 5.74) is -1.21. The normalized spacial score (nSPS) is 10.7. The summed E-state index contributed by atoms with van der Waals surface area (Å²) in [5, 5.41) is 3.95. The summed E-state index contributed by atoms with van der Waals surface area (Å²) in [4.78, 5) is 38.8. The van der Waals surface area contributed by atoms with Crippen LogP contribution in [0.2, 0.25) is 0 Å². The van der Waals surface area contributed by atoms with Gasteiger partial charge in [-0.3, -0.25) is 9.59 Å². The van der Waals surface area contributed by atoms with Gasteiger partial charge in [-0.05, 0) is 24.3 Å². The van der Waals surface area contributed by atoms with Crippen molar-refractivity contribution >= 4 is 11.6 Å². The lowest BCUT2D eigenvalue weighted by Gasteiger charge is -2.17. The van der Waals surface area contributed by atoms with Crippen LogP contribution in [0.25, 0.3) is 5.69 Å². The van der Waals surface area contributed by atoms with Crippen LogP contribution in [-0.4, -0.2) is 41.5 Å². The van der Waals surface area contributed by atoms with E-state index < -0.39 is 41.1 Å². The van der Waals surface area contributed by atoms with Gasteiger partial charge in [0.1, 0.15) is 0 Å². The van der Waals surface area contributed by atoms with E-state index in [0.29, 0.717) is 10.3 Å². The molecule has 0 radical (unpaired) electrons. The van der Waals surface area contributed by atoms with Crippen molar-refractivity contribution in [3.8, 4) is 17.3 Å². The smallest absolute Gasteiger partial charge is 0.352 e. The van der Waals surface area contributed by atoms with Crippen LogP contribution in [0.15, 0.2) is 46.0 Å². The van der Waals surface area contributed by atoms with Crippen LogP contribution in [0.1, 0.15) is 12.5 Å². The van der Waals surface area contributed by atoms with Crippen molar-refractivity contribution in [3.63, 3.8) is 0 Å². The molecule has 0 spiro atoms. The fourth-order valence-corrected chi connectivity index (χ4v) is 3.00. The Bertz CT molecular complexity index is 1300. The highest BCUT2D eigenvalue weighted by atomic mass is 19.1. The first-order chi connectivity index (χ1) is 15.2. The maximum atomic E-state index is 14.6. The molecule has 0 aliphatic carbocycles. The van der Waals surface area contributed by atoms with E-state index in [1.54, 1.807) is 25.2 Å². The van der Waals surface area contributed by atoms with Gasteiger partial charge >= 0.3 is 11.2 Å². The van der Waals surface area contributed by atoms with Crippen molar-refractivity contribution in [2.75, 3.05) is 26.2 Å². The predicted molar refractivity (Wildman–Crippen MR) is 112 cm³/mol. The van der Waals surface area contributed by atoms with E-state index in [-0.39, 0.29) is 17.2 Å². The van der Waals surface area contributed by atoms with E-state index in [0.717, 1.165) is 23.9 Å². The van der Waals surface area contributed by atoms with Gasteiger partial charge in [0.25, 0.3) is 5.88 Å². The highest BCUT2D eigenvalue weighted by Gasteiger charge is 2.20. The lowest BCUT2D eigenvalue weighted by Crippen LogP contribution is -2.41. The van der Waals surface area contributed by atoms with Gasteiger partial charge in [0, 0.05) is 25.2 Å². The Labute approximate surface area is 181 Å². The molecule has 0 bridgehead atoms. The molecule has 0 aliphatic heterocycles. The van der Waals surface area contributed by atoms with E-state index in [1.165, 1.54) is 25.0 Å². The molecule has 0 aliphatic rings. The second-order valence-electron chi connectivity index (χ2n) is 6.75.